The number of anilines is 1. The average Bonchev–Trinajstić information content (AvgIpc) is 2.96. The molecule has 4 N–H and O–H groups in total. The summed E-state index contributed by atoms with van der Waals surface area (Å²) in [7, 11) is 0. The Morgan fingerprint density at radius 2 is 2.16 bits per heavy atom. The average molecular weight is 262 g/mol. The maximum absolute atomic E-state index is 11.8. The van der Waals surface area contributed by atoms with Gasteiger partial charge in [-0.15, -0.1) is 0 Å². The number of nitrogen functional groups attached to an aromatic ring is 1. The minimum Gasteiger partial charge on any atom is -0.351 e. The number of aromatic nitrogens is 1. The number of nitrogens with one attached hydrogen (secondary N) is 2. The van der Waals surface area contributed by atoms with Crippen LogP contribution in [0.25, 0.3) is 0 Å². The molecule has 1 fully saturated rings. The summed E-state index contributed by atoms with van der Waals surface area (Å²) in [6, 6.07) is 3.40. The monoisotopic (exact) mass is 262 g/mol. The quantitative estimate of drug-likeness (QED) is 0.416. The van der Waals surface area contributed by atoms with Crippen molar-refractivity contribution in [1.82, 2.24) is 10.3 Å². The van der Waals surface area contributed by atoms with Crippen molar-refractivity contribution in [2.75, 3.05) is 12.0 Å². The number of hydrogen-bond acceptors (Lipinski definition) is 4. The van der Waals surface area contributed by atoms with Crippen LogP contribution in [0.3, 0.4) is 0 Å². The summed E-state index contributed by atoms with van der Waals surface area (Å²) >= 11 is 0. The lowest BCUT2D eigenvalue weighted by atomic mass is 10.0. The summed E-state index contributed by atoms with van der Waals surface area (Å²) < 4.78 is 0. The zero-order valence-corrected chi connectivity index (χ0v) is 11.2. The van der Waals surface area contributed by atoms with E-state index in [1.807, 2.05) is 0 Å². The number of hydrogen-bond donors (Lipinski definition) is 3. The molecule has 0 saturated heterocycles. The van der Waals surface area contributed by atoms with E-state index >= 15 is 0 Å². The minimum absolute atomic E-state index is 0.116. The highest BCUT2D eigenvalue weighted by Gasteiger charge is 2.14. The van der Waals surface area contributed by atoms with Gasteiger partial charge in [0.1, 0.15) is 5.69 Å². The Bertz CT molecular complexity index is 398. The molecule has 5 nitrogen and oxygen atoms in total. The van der Waals surface area contributed by atoms with Gasteiger partial charge in [-0.25, -0.2) is 4.98 Å². The van der Waals surface area contributed by atoms with Gasteiger partial charge in [-0.1, -0.05) is 25.7 Å². The number of carbonyl (C=O) groups excluding carboxylic acids is 1. The van der Waals surface area contributed by atoms with Crippen LogP contribution in [0.5, 0.6) is 0 Å². The highest BCUT2D eigenvalue weighted by atomic mass is 16.1. The predicted molar refractivity (Wildman–Crippen MR) is 75.6 cm³/mol. The normalized spacial score (nSPS) is 15.4. The van der Waals surface area contributed by atoms with Gasteiger partial charge in [0.2, 0.25) is 0 Å². The van der Waals surface area contributed by atoms with Crippen LogP contribution in [-0.2, 0) is 0 Å². The molecule has 0 bridgehead atoms. The van der Waals surface area contributed by atoms with Gasteiger partial charge in [0.25, 0.3) is 5.91 Å². The number of amides is 1. The predicted octanol–water partition coefficient (Wildman–Crippen LogP) is 2.07. The number of rotatable bonds is 6. The fourth-order valence-electron chi connectivity index (χ4n) is 2.60. The molecule has 1 heterocycles. The number of carbonyl (C=O) groups is 1. The van der Waals surface area contributed by atoms with Crippen molar-refractivity contribution in [3.63, 3.8) is 0 Å². The topological polar surface area (TPSA) is 80.0 Å². The molecular weight excluding hydrogens is 240 g/mol. The summed E-state index contributed by atoms with van der Waals surface area (Å²) in [5.41, 5.74) is 3.61. The van der Waals surface area contributed by atoms with Gasteiger partial charge >= 0.3 is 0 Å². The molecule has 0 aromatic carbocycles. The Kier molecular flexibility index (Phi) is 5.15. The molecule has 2 rings (SSSR count). The van der Waals surface area contributed by atoms with E-state index in [4.69, 9.17) is 5.84 Å². The molecule has 5 heteroatoms. The summed E-state index contributed by atoms with van der Waals surface area (Å²) in [4.78, 5) is 15.9. The lowest BCUT2D eigenvalue weighted by Gasteiger charge is -2.09. The minimum atomic E-state index is -0.116. The molecular formula is C14H22N4O. The molecule has 1 aliphatic rings. The molecule has 0 radical (unpaired) electrons. The van der Waals surface area contributed by atoms with Crippen molar-refractivity contribution < 1.29 is 4.79 Å². The van der Waals surface area contributed by atoms with Crippen molar-refractivity contribution >= 4 is 11.6 Å². The molecule has 1 aromatic heterocycles. The molecule has 1 amide bonds. The lowest BCUT2D eigenvalue weighted by molar-refractivity contribution is 0.0947. The Hall–Kier alpha value is -1.62. The summed E-state index contributed by atoms with van der Waals surface area (Å²) in [6.45, 7) is 0.730. The molecule has 1 aliphatic carbocycles. The number of nitrogens with zero attached hydrogens (tertiary/aromatic N) is 1. The van der Waals surface area contributed by atoms with E-state index < -0.39 is 0 Å². The van der Waals surface area contributed by atoms with E-state index in [0.29, 0.717) is 11.4 Å². The molecule has 0 spiro atoms. The summed E-state index contributed by atoms with van der Waals surface area (Å²) in [5, 5.41) is 2.91. The Labute approximate surface area is 114 Å². The van der Waals surface area contributed by atoms with Gasteiger partial charge in [0.05, 0.1) is 11.9 Å². The summed E-state index contributed by atoms with van der Waals surface area (Å²) in [6.07, 6.45) is 9.31. The van der Waals surface area contributed by atoms with Crippen LogP contribution in [-0.4, -0.2) is 17.4 Å². The first-order valence-corrected chi connectivity index (χ1v) is 7.00. The molecule has 0 unspecified atom stereocenters. The van der Waals surface area contributed by atoms with Crippen LogP contribution in [0.4, 0.5) is 5.69 Å². The zero-order chi connectivity index (χ0) is 13.5. The molecule has 1 saturated carbocycles. The maximum Gasteiger partial charge on any atom is 0.269 e. The first-order valence-electron chi connectivity index (χ1n) is 7.00. The van der Waals surface area contributed by atoms with Crippen LogP contribution in [0, 0.1) is 5.92 Å². The van der Waals surface area contributed by atoms with Crippen molar-refractivity contribution in [3.05, 3.63) is 24.0 Å². The highest BCUT2D eigenvalue weighted by Crippen LogP contribution is 2.28. The third kappa shape index (κ3) is 4.21. The Balaban J connectivity index is 1.68. The van der Waals surface area contributed by atoms with E-state index in [9.17, 15) is 4.79 Å². The summed E-state index contributed by atoms with van der Waals surface area (Å²) in [5.74, 6) is 6.01. The lowest BCUT2D eigenvalue weighted by Crippen LogP contribution is -2.25. The number of hydrazine groups is 1. The zero-order valence-electron chi connectivity index (χ0n) is 11.2. The van der Waals surface area contributed by atoms with Crippen molar-refractivity contribution in [2.24, 2.45) is 11.8 Å². The van der Waals surface area contributed by atoms with Crippen LogP contribution in [0.15, 0.2) is 18.3 Å². The van der Waals surface area contributed by atoms with E-state index in [1.54, 1.807) is 18.3 Å². The van der Waals surface area contributed by atoms with Crippen LogP contribution < -0.4 is 16.6 Å². The SMILES string of the molecule is NNc1ccc(C(=O)NCCCC2CCCC2)nc1. The second kappa shape index (κ2) is 7.09. The fraction of sp³-hybridized carbons (Fsp3) is 0.571. The standard InChI is InChI=1S/C14H22N4O/c15-18-12-7-8-13(17-10-12)14(19)16-9-3-6-11-4-1-2-5-11/h7-8,10-11,18H,1-6,9,15H2,(H,16,19). The maximum atomic E-state index is 11.8. The molecule has 19 heavy (non-hydrogen) atoms. The second-order valence-electron chi connectivity index (χ2n) is 5.13. The van der Waals surface area contributed by atoms with E-state index in [1.165, 1.54) is 32.1 Å². The van der Waals surface area contributed by atoms with Crippen LogP contribution in [0.2, 0.25) is 0 Å². The first-order chi connectivity index (χ1) is 9.29. The smallest absolute Gasteiger partial charge is 0.269 e. The molecule has 104 valence electrons. The van der Waals surface area contributed by atoms with Crippen LogP contribution in [0.1, 0.15) is 49.0 Å². The van der Waals surface area contributed by atoms with E-state index in [-0.39, 0.29) is 5.91 Å². The largest absolute Gasteiger partial charge is 0.351 e. The van der Waals surface area contributed by atoms with Gasteiger partial charge in [0, 0.05) is 6.54 Å². The molecule has 1 aromatic rings. The van der Waals surface area contributed by atoms with Crippen molar-refractivity contribution in [3.8, 4) is 0 Å². The van der Waals surface area contributed by atoms with E-state index in [2.05, 4.69) is 15.7 Å². The number of nitrogens with two attached hydrogens (primary N) is 1. The highest BCUT2D eigenvalue weighted by molar-refractivity contribution is 5.92. The number of pyridine rings is 1. The van der Waals surface area contributed by atoms with E-state index in [0.717, 1.165) is 18.9 Å². The molecule has 0 atom stereocenters. The Morgan fingerprint density at radius 1 is 1.37 bits per heavy atom. The molecule has 0 aliphatic heterocycles. The van der Waals surface area contributed by atoms with Gasteiger partial charge in [-0.3, -0.25) is 10.6 Å². The van der Waals surface area contributed by atoms with Gasteiger partial charge < -0.3 is 10.7 Å². The first kappa shape index (κ1) is 13.8. The van der Waals surface area contributed by atoms with Crippen LogP contribution >= 0.6 is 0 Å². The second-order valence-corrected chi connectivity index (χ2v) is 5.13. The fourth-order valence-corrected chi connectivity index (χ4v) is 2.60. The van der Waals surface area contributed by atoms with Gasteiger partial charge in [-0.05, 0) is 30.9 Å². The van der Waals surface area contributed by atoms with Gasteiger partial charge in [-0.2, -0.15) is 0 Å². The Morgan fingerprint density at radius 3 is 2.79 bits per heavy atom. The third-order valence-corrected chi connectivity index (χ3v) is 3.71. The van der Waals surface area contributed by atoms with Gasteiger partial charge in [0.15, 0.2) is 0 Å². The van der Waals surface area contributed by atoms with Crippen molar-refractivity contribution in [1.29, 1.82) is 0 Å². The van der Waals surface area contributed by atoms with Crippen molar-refractivity contribution in [2.45, 2.75) is 38.5 Å². The third-order valence-electron chi connectivity index (χ3n) is 3.71.